The highest BCUT2D eigenvalue weighted by Crippen LogP contribution is 2.44. The molecule has 0 atom stereocenters. The number of hydrogen-bond donors (Lipinski definition) is 0. The highest BCUT2D eigenvalue weighted by Gasteiger charge is 2.20. The number of benzene rings is 7. The summed E-state index contributed by atoms with van der Waals surface area (Å²) in [5, 5.41) is 1.63. The maximum atomic E-state index is 9.58. The number of furan rings is 1. The predicted molar refractivity (Wildman–Crippen MR) is 199 cm³/mol. The Labute approximate surface area is 292 Å². The Morgan fingerprint density at radius 3 is 2.08 bits per heavy atom. The molecule has 3 heterocycles. The van der Waals surface area contributed by atoms with E-state index in [0.29, 0.717) is 11.1 Å². The van der Waals surface area contributed by atoms with Gasteiger partial charge in [-0.25, -0.2) is 15.0 Å². The first-order valence-electron chi connectivity index (χ1n) is 19.7. The van der Waals surface area contributed by atoms with E-state index in [0.717, 1.165) is 31.3 Å². The molecule has 0 amide bonds. The largest absolute Gasteiger partial charge is 0.455 e. The van der Waals surface area contributed by atoms with Crippen LogP contribution in [-0.4, -0.2) is 15.0 Å². The first kappa shape index (κ1) is 19.5. The third-order valence-electron chi connectivity index (χ3n) is 8.43. The lowest BCUT2D eigenvalue weighted by atomic mass is 9.97. The summed E-state index contributed by atoms with van der Waals surface area (Å²) >= 11 is 1.61. The molecule has 4 nitrogen and oxygen atoms in total. The van der Waals surface area contributed by atoms with Crippen molar-refractivity contribution in [2.75, 3.05) is 0 Å². The summed E-state index contributed by atoms with van der Waals surface area (Å²) < 4.78 is 87.6. The topological polar surface area (TPSA) is 51.8 Å². The summed E-state index contributed by atoms with van der Waals surface area (Å²) in [6.07, 6.45) is 0. The standard InChI is InChI=1S/C43H25N3OS/c1-3-11-26(12-4-1)30-22-23-34(40-38(30)33-17-9-10-18-37(33)48-40)43-45-41(28-14-5-2-6-15-28)44-42(46-43)29-20-24-36-35(25-29)32-21-19-27-13-7-8-16-31(27)39(32)47-36/h1-25H/i7D,8D,13D,16D,19D,20D,21D,24D,25D. The van der Waals surface area contributed by atoms with Crippen molar-refractivity contribution in [2.24, 2.45) is 0 Å². The van der Waals surface area contributed by atoms with Crippen LogP contribution in [0.3, 0.4) is 0 Å². The molecule has 0 aliphatic heterocycles. The SMILES string of the molecule is [2H]c1c(-c2nc(-c3ccccc3)nc(-c3ccc(-c4ccccc4)c4c3sc3ccccc34)n2)c([2H])c2c(oc3c4c([2H])c([2H])c([2H])c([2H])c4c([2H])c([2H])c32)c1[2H]. The van der Waals surface area contributed by atoms with E-state index >= 15 is 0 Å². The summed E-state index contributed by atoms with van der Waals surface area (Å²) in [5.41, 5.74) is 2.94. The van der Waals surface area contributed by atoms with Crippen LogP contribution in [0.4, 0.5) is 0 Å². The Bertz CT molecular complexity index is 3350. The fourth-order valence-corrected chi connectivity index (χ4v) is 7.45. The summed E-state index contributed by atoms with van der Waals surface area (Å²) in [6, 6.07) is 27.4. The molecule has 3 aromatic heterocycles. The fourth-order valence-electron chi connectivity index (χ4n) is 6.21. The number of thiophene rings is 1. The van der Waals surface area contributed by atoms with Gasteiger partial charge in [0.1, 0.15) is 11.2 Å². The lowest BCUT2D eigenvalue weighted by Gasteiger charge is -2.11. The quantitative estimate of drug-likeness (QED) is 0.192. The lowest BCUT2D eigenvalue weighted by molar-refractivity contribution is 0.672. The van der Waals surface area contributed by atoms with Gasteiger partial charge in [0.2, 0.25) is 0 Å². The van der Waals surface area contributed by atoms with Crippen LogP contribution in [0.15, 0.2) is 156 Å². The predicted octanol–water partition coefficient (Wildman–Crippen LogP) is 12.0. The molecule has 224 valence electrons. The molecular weight excluding hydrogens is 607 g/mol. The summed E-state index contributed by atoms with van der Waals surface area (Å²) in [7, 11) is 0. The first-order valence-corrected chi connectivity index (χ1v) is 16.0. The van der Waals surface area contributed by atoms with E-state index in [1.165, 1.54) is 0 Å². The minimum Gasteiger partial charge on any atom is -0.455 e. The Balaban J connectivity index is 1.30. The maximum Gasteiger partial charge on any atom is 0.165 e. The van der Waals surface area contributed by atoms with Crippen LogP contribution in [0.1, 0.15) is 12.3 Å². The Hall–Kier alpha value is -6.17. The molecule has 0 fully saturated rings. The minimum atomic E-state index is -0.559. The molecule has 0 N–H and O–H groups in total. The van der Waals surface area contributed by atoms with Crippen molar-refractivity contribution in [3.05, 3.63) is 151 Å². The van der Waals surface area contributed by atoms with Crippen molar-refractivity contribution >= 4 is 64.2 Å². The Morgan fingerprint density at radius 2 is 1.23 bits per heavy atom. The van der Waals surface area contributed by atoms with Crippen LogP contribution >= 0.6 is 11.3 Å². The van der Waals surface area contributed by atoms with Gasteiger partial charge in [-0.1, -0.05) is 115 Å². The molecule has 5 heteroatoms. The van der Waals surface area contributed by atoms with E-state index in [1.807, 2.05) is 72.8 Å². The zero-order valence-electron chi connectivity index (χ0n) is 33.9. The molecule has 48 heavy (non-hydrogen) atoms. The smallest absolute Gasteiger partial charge is 0.165 e. The second kappa shape index (κ2) is 10.7. The fraction of sp³-hybridized carbons (Fsp3) is 0. The van der Waals surface area contributed by atoms with Gasteiger partial charge in [-0.3, -0.25) is 0 Å². The minimum absolute atomic E-state index is 0.0552. The molecule has 0 aliphatic rings. The van der Waals surface area contributed by atoms with Gasteiger partial charge in [0, 0.05) is 53.0 Å². The van der Waals surface area contributed by atoms with Crippen molar-refractivity contribution in [1.82, 2.24) is 15.0 Å². The molecule has 10 rings (SSSR count). The molecule has 0 spiro atoms. The monoisotopic (exact) mass is 640 g/mol. The Morgan fingerprint density at radius 1 is 0.521 bits per heavy atom. The Kier molecular flexibility index (Phi) is 4.34. The van der Waals surface area contributed by atoms with E-state index < -0.39 is 48.3 Å². The van der Waals surface area contributed by atoms with Crippen molar-refractivity contribution < 1.29 is 16.8 Å². The second-order valence-corrected chi connectivity index (χ2v) is 12.3. The normalized spacial score (nSPS) is 14.4. The number of rotatable bonds is 4. The molecular formula is C43H25N3OS. The van der Waals surface area contributed by atoms with Gasteiger partial charge in [0.25, 0.3) is 0 Å². The number of hydrogen-bond acceptors (Lipinski definition) is 5. The van der Waals surface area contributed by atoms with Gasteiger partial charge in [-0.2, -0.15) is 0 Å². The van der Waals surface area contributed by atoms with E-state index in [1.54, 1.807) is 11.3 Å². The van der Waals surface area contributed by atoms with Crippen LogP contribution in [-0.2, 0) is 0 Å². The van der Waals surface area contributed by atoms with Crippen molar-refractivity contribution in [2.45, 2.75) is 0 Å². The van der Waals surface area contributed by atoms with Crippen molar-refractivity contribution in [3.63, 3.8) is 0 Å². The molecule has 0 bridgehead atoms. The van der Waals surface area contributed by atoms with Gasteiger partial charge in [0.15, 0.2) is 17.5 Å². The van der Waals surface area contributed by atoms with E-state index in [9.17, 15) is 2.74 Å². The van der Waals surface area contributed by atoms with Gasteiger partial charge in [-0.15, -0.1) is 11.3 Å². The molecule has 0 saturated carbocycles. The summed E-state index contributed by atoms with van der Waals surface area (Å²) in [4.78, 5) is 14.7. The third kappa shape index (κ3) is 4.25. The molecule has 0 radical (unpaired) electrons. The van der Waals surface area contributed by atoms with Crippen LogP contribution in [0.5, 0.6) is 0 Å². The zero-order chi connectivity index (χ0) is 39.4. The van der Waals surface area contributed by atoms with Crippen LogP contribution < -0.4 is 0 Å². The second-order valence-electron chi connectivity index (χ2n) is 11.3. The zero-order valence-corrected chi connectivity index (χ0v) is 25.7. The first-order chi connectivity index (χ1) is 27.5. The molecule has 0 unspecified atom stereocenters. The summed E-state index contributed by atoms with van der Waals surface area (Å²) in [6.45, 7) is 0. The summed E-state index contributed by atoms with van der Waals surface area (Å²) in [5.74, 6) is 0.505. The van der Waals surface area contributed by atoms with Crippen LogP contribution in [0, 0.1) is 0 Å². The number of nitrogens with zero attached hydrogens (tertiary/aromatic N) is 3. The average molecular weight is 641 g/mol. The lowest BCUT2D eigenvalue weighted by Crippen LogP contribution is -2.00. The molecule has 0 saturated heterocycles. The number of aromatic nitrogens is 3. The van der Waals surface area contributed by atoms with Crippen molar-refractivity contribution in [1.29, 1.82) is 0 Å². The van der Waals surface area contributed by atoms with Gasteiger partial charge < -0.3 is 4.42 Å². The number of fused-ring (bicyclic) bond motifs is 8. The van der Waals surface area contributed by atoms with E-state index in [2.05, 4.69) is 24.3 Å². The molecule has 0 aliphatic carbocycles. The van der Waals surface area contributed by atoms with E-state index in [4.69, 9.17) is 29.0 Å². The van der Waals surface area contributed by atoms with Crippen LogP contribution in [0.25, 0.3) is 98.2 Å². The molecule has 10 aromatic rings. The maximum absolute atomic E-state index is 9.58. The van der Waals surface area contributed by atoms with Gasteiger partial charge in [-0.05, 0) is 52.8 Å². The van der Waals surface area contributed by atoms with E-state index in [-0.39, 0.29) is 61.8 Å². The van der Waals surface area contributed by atoms with Crippen LogP contribution in [0.2, 0.25) is 0 Å². The molecule has 7 aromatic carbocycles. The van der Waals surface area contributed by atoms with Crippen molar-refractivity contribution in [3.8, 4) is 45.3 Å². The average Bonchev–Trinajstić information content (AvgIpc) is 3.83. The van der Waals surface area contributed by atoms with Gasteiger partial charge >= 0.3 is 0 Å². The van der Waals surface area contributed by atoms with Gasteiger partial charge in [0.05, 0.1) is 12.3 Å². The highest BCUT2D eigenvalue weighted by molar-refractivity contribution is 7.26. The third-order valence-corrected chi connectivity index (χ3v) is 9.63. The highest BCUT2D eigenvalue weighted by atomic mass is 32.1.